The molecule has 5 heteroatoms. The third-order valence-corrected chi connectivity index (χ3v) is 2.27. The molecule has 90 valence electrons. The molecule has 0 saturated carbocycles. The van der Waals surface area contributed by atoms with Crippen LogP contribution in [0.5, 0.6) is 0 Å². The first kappa shape index (κ1) is 11.6. The van der Waals surface area contributed by atoms with Crippen molar-refractivity contribution in [2.24, 2.45) is 5.92 Å². The molecule has 0 fully saturated rings. The highest BCUT2D eigenvalue weighted by Crippen LogP contribution is 2.17. The van der Waals surface area contributed by atoms with Crippen LogP contribution in [0.1, 0.15) is 13.8 Å². The van der Waals surface area contributed by atoms with Gasteiger partial charge in [0.15, 0.2) is 0 Å². The van der Waals surface area contributed by atoms with E-state index in [0.29, 0.717) is 11.6 Å². The third kappa shape index (κ3) is 3.03. The van der Waals surface area contributed by atoms with Gasteiger partial charge in [0.2, 0.25) is 0 Å². The van der Waals surface area contributed by atoms with Gasteiger partial charge in [0.25, 0.3) is 0 Å². The number of H-pyrrole nitrogens is 1. The fourth-order valence-corrected chi connectivity index (χ4v) is 1.39. The molecular formula is C12H15FN4. The van der Waals surface area contributed by atoms with Gasteiger partial charge in [0.1, 0.15) is 11.6 Å². The summed E-state index contributed by atoms with van der Waals surface area (Å²) in [5, 5.41) is 10.2. The highest BCUT2D eigenvalue weighted by atomic mass is 19.1. The number of hydrogen-bond donors (Lipinski definition) is 2. The van der Waals surface area contributed by atoms with Crippen molar-refractivity contribution in [3.05, 3.63) is 30.2 Å². The minimum Gasteiger partial charge on any atom is -0.368 e. The zero-order valence-corrected chi connectivity index (χ0v) is 9.87. The van der Waals surface area contributed by atoms with Crippen LogP contribution in [-0.2, 0) is 0 Å². The van der Waals surface area contributed by atoms with Gasteiger partial charge < -0.3 is 5.32 Å². The number of hydrogen-bond acceptors (Lipinski definition) is 3. The van der Waals surface area contributed by atoms with Crippen molar-refractivity contribution in [1.29, 1.82) is 0 Å². The lowest BCUT2D eigenvalue weighted by atomic mass is 10.2. The van der Waals surface area contributed by atoms with Crippen molar-refractivity contribution in [3.63, 3.8) is 0 Å². The predicted octanol–water partition coefficient (Wildman–Crippen LogP) is 2.68. The Morgan fingerprint density at radius 2 is 2.24 bits per heavy atom. The summed E-state index contributed by atoms with van der Waals surface area (Å²) in [4.78, 5) is 3.98. The van der Waals surface area contributed by atoms with Gasteiger partial charge in [-0.3, -0.25) is 10.1 Å². The Labute approximate surface area is 99.3 Å². The fraction of sp³-hybridized carbons (Fsp3) is 0.333. The Balaban J connectivity index is 2.10. The molecule has 2 heterocycles. The molecule has 0 unspecified atom stereocenters. The second-order valence-electron chi connectivity index (χ2n) is 4.30. The van der Waals surface area contributed by atoms with Crippen LogP contribution in [0.4, 0.5) is 10.2 Å². The molecule has 0 saturated heterocycles. The van der Waals surface area contributed by atoms with E-state index in [2.05, 4.69) is 34.3 Å². The molecule has 0 aromatic carbocycles. The van der Waals surface area contributed by atoms with Crippen molar-refractivity contribution in [2.75, 3.05) is 11.9 Å². The number of pyridine rings is 1. The number of anilines is 1. The number of aromatic amines is 1. The highest BCUT2D eigenvalue weighted by Gasteiger charge is 2.05. The van der Waals surface area contributed by atoms with E-state index in [9.17, 15) is 4.39 Å². The molecule has 0 spiro atoms. The first-order valence-corrected chi connectivity index (χ1v) is 5.56. The predicted molar refractivity (Wildman–Crippen MR) is 65.1 cm³/mol. The van der Waals surface area contributed by atoms with Gasteiger partial charge in [-0.15, -0.1) is 0 Å². The summed E-state index contributed by atoms with van der Waals surface area (Å²) in [5.74, 6) is 0.991. The molecule has 0 aliphatic heterocycles. The van der Waals surface area contributed by atoms with Crippen molar-refractivity contribution in [3.8, 4) is 11.4 Å². The van der Waals surface area contributed by atoms with Gasteiger partial charge in [-0.25, -0.2) is 4.39 Å². The zero-order valence-electron chi connectivity index (χ0n) is 9.87. The van der Waals surface area contributed by atoms with E-state index < -0.39 is 0 Å². The van der Waals surface area contributed by atoms with Gasteiger partial charge in [-0.1, -0.05) is 13.8 Å². The standard InChI is InChI=1S/C12H15FN4/c1-8(2)6-15-12-5-11(16-17-12)10-4-3-9(13)7-14-10/h3-5,7-8H,6H2,1-2H3,(H2,15,16,17). The lowest BCUT2D eigenvalue weighted by Gasteiger charge is -2.04. The fourth-order valence-electron chi connectivity index (χ4n) is 1.39. The monoisotopic (exact) mass is 234 g/mol. The average molecular weight is 234 g/mol. The maximum Gasteiger partial charge on any atom is 0.148 e. The maximum absolute atomic E-state index is 12.7. The van der Waals surface area contributed by atoms with Gasteiger partial charge in [-0.05, 0) is 18.1 Å². The average Bonchev–Trinajstić information content (AvgIpc) is 2.76. The van der Waals surface area contributed by atoms with E-state index in [1.54, 1.807) is 6.07 Å². The van der Waals surface area contributed by atoms with Crippen LogP contribution >= 0.6 is 0 Å². The van der Waals surface area contributed by atoms with Crippen LogP contribution in [0.3, 0.4) is 0 Å². The molecule has 0 radical (unpaired) electrons. The molecule has 0 atom stereocenters. The van der Waals surface area contributed by atoms with E-state index in [1.807, 2.05) is 6.07 Å². The molecule has 2 aromatic rings. The molecule has 0 amide bonds. The van der Waals surface area contributed by atoms with Crippen molar-refractivity contribution >= 4 is 5.82 Å². The normalized spacial score (nSPS) is 10.8. The summed E-state index contributed by atoms with van der Waals surface area (Å²) in [6.45, 7) is 5.12. The molecule has 17 heavy (non-hydrogen) atoms. The Hall–Kier alpha value is -1.91. The smallest absolute Gasteiger partial charge is 0.148 e. The Morgan fingerprint density at radius 3 is 2.88 bits per heavy atom. The number of halogens is 1. The number of rotatable bonds is 4. The Morgan fingerprint density at radius 1 is 1.41 bits per heavy atom. The van der Waals surface area contributed by atoms with E-state index in [0.717, 1.165) is 18.1 Å². The van der Waals surface area contributed by atoms with Gasteiger partial charge >= 0.3 is 0 Å². The molecule has 0 bridgehead atoms. The van der Waals surface area contributed by atoms with Crippen LogP contribution in [-0.4, -0.2) is 21.7 Å². The van der Waals surface area contributed by atoms with Crippen molar-refractivity contribution < 1.29 is 4.39 Å². The molecule has 4 nitrogen and oxygen atoms in total. The summed E-state index contributed by atoms with van der Waals surface area (Å²) in [6.07, 6.45) is 1.19. The van der Waals surface area contributed by atoms with Crippen LogP contribution in [0.25, 0.3) is 11.4 Å². The molecule has 2 N–H and O–H groups in total. The highest BCUT2D eigenvalue weighted by molar-refractivity contribution is 5.58. The summed E-state index contributed by atoms with van der Waals surface area (Å²) in [6, 6.07) is 4.86. The minimum absolute atomic E-state index is 0.341. The summed E-state index contributed by atoms with van der Waals surface area (Å²) in [7, 11) is 0. The van der Waals surface area contributed by atoms with E-state index in [4.69, 9.17) is 0 Å². The lowest BCUT2D eigenvalue weighted by molar-refractivity contribution is 0.622. The second-order valence-corrected chi connectivity index (χ2v) is 4.30. The molecule has 0 aliphatic carbocycles. The Bertz CT molecular complexity index is 476. The molecule has 2 aromatic heterocycles. The van der Waals surface area contributed by atoms with E-state index in [1.165, 1.54) is 12.3 Å². The van der Waals surface area contributed by atoms with Gasteiger partial charge in [-0.2, -0.15) is 5.10 Å². The van der Waals surface area contributed by atoms with Crippen LogP contribution in [0, 0.1) is 11.7 Å². The van der Waals surface area contributed by atoms with E-state index in [-0.39, 0.29) is 5.82 Å². The number of nitrogens with zero attached hydrogens (tertiary/aromatic N) is 2. The van der Waals surface area contributed by atoms with Crippen molar-refractivity contribution in [2.45, 2.75) is 13.8 Å². The zero-order chi connectivity index (χ0) is 12.3. The van der Waals surface area contributed by atoms with Crippen LogP contribution < -0.4 is 5.32 Å². The summed E-state index contributed by atoms with van der Waals surface area (Å²) in [5.41, 5.74) is 1.45. The molecule has 2 rings (SSSR count). The maximum atomic E-state index is 12.7. The second kappa shape index (κ2) is 4.95. The molecule has 0 aliphatic rings. The first-order chi connectivity index (χ1) is 8.15. The van der Waals surface area contributed by atoms with Crippen LogP contribution in [0.15, 0.2) is 24.4 Å². The summed E-state index contributed by atoms with van der Waals surface area (Å²) >= 11 is 0. The minimum atomic E-state index is -0.341. The largest absolute Gasteiger partial charge is 0.368 e. The van der Waals surface area contributed by atoms with Gasteiger partial charge in [0.05, 0.1) is 17.6 Å². The van der Waals surface area contributed by atoms with Crippen LogP contribution in [0.2, 0.25) is 0 Å². The quantitative estimate of drug-likeness (QED) is 0.855. The number of aromatic nitrogens is 3. The van der Waals surface area contributed by atoms with Gasteiger partial charge in [0, 0.05) is 12.6 Å². The van der Waals surface area contributed by atoms with E-state index >= 15 is 0 Å². The summed E-state index contributed by atoms with van der Waals surface area (Å²) < 4.78 is 12.7. The lowest BCUT2D eigenvalue weighted by Crippen LogP contribution is -2.07. The SMILES string of the molecule is CC(C)CNc1cc(-c2ccc(F)cn2)[nH]n1. The number of nitrogens with one attached hydrogen (secondary N) is 2. The van der Waals surface area contributed by atoms with Crippen molar-refractivity contribution in [1.82, 2.24) is 15.2 Å². The first-order valence-electron chi connectivity index (χ1n) is 5.56. The Kier molecular flexibility index (Phi) is 3.37. The topological polar surface area (TPSA) is 53.6 Å². The third-order valence-electron chi connectivity index (χ3n) is 2.27. The molecular weight excluding hydrogens is 219 g/mol.